The van der Waals surface area contributed by atoms with E-state index >= 15 is 0 Å². The summed E-state index contributed by atoms with van der Waals surface area (Å²) in [6.07, 6.45) is 0. The molecule has 6 heteroatoms. The number of rotatable bonds is 7. The Morgan fingerprint density at radius 1 is 1.00 bits per heavy atom. The lowest BCUT2D eigenvalue weighted by Gasteiger charge is -2.09. The second-order valence-corrected chi connectivity index (χ2v) is 7.62. The first-order valence-corrected chi connectivity index (χ1v) is 10.5. The van der Waals surface area contributed by atoms with Gasteiger partial charge in [0, 0.05) is 21.9 Å². The van der Waals surface area contributed by atoms with Crippen LogP contribution < -0.4 is 5.32 Å². The number of esters is 1. The van der Waals surface area contributed by atoms with Crippen molar-refractivity contribution in [2.45, 2.75) is 17.6 Å². The summed E-state index contributed by atoms with van der Waals surface area (Å²) < 4.78 is 4.98. The Labute approximate surface area is 179 Å². The normalized spacial score (nSPS) is 10.4. The molecule has 0 saturated heterocycles. The Bertz CT molecular complexity index is 991. The molecule has 0 aliphatic carbocycles. The first-order chi connectivity index (χ1) is 14.1. The highest BCUT2D eigenvalue weighted by Gasteiger charge is 2.14. The SMILES string of the molecule is CCOC(=O)c1cc(NC(=O)c2ccc(CSc3ccccc3)cc2)ccc1Cl. The molecule has 3 aromatic carbocycles. The van der Waals surface area contributed by atoms with Crippen LogP contribution in [0.4, 0.5) is 5.69 Å². The number of amides is 1. The monoisotopic (exact) mass is 425 g/mol. The Hall–Kier alpha value is -2.76. The molecule has 0 aromatic heterocycles. The van der Waals surface area contributed by atoms with Crippen molar-refractivity contribution in [3.8, 4) is 0 Å². The van der Waals surface area contributed by atoms with Crippen LogP contribution >= 0.6 is 23.4 Å². The van der Waals surface area contributed by atoms with Crippen LogP contribution in [0.25, 0.3) is 0 Å². The minimum absolute atomic E-state index is 0.222. The zero-order valence-electron chi connectivity index (χ0n) is 15.9. The number of anilines is 1. The largest absolute Gasteiger partial charge is 0.462 e. The van der Waals surface area contributed by atoms with Gasteiger partial charge in [0.25, 0.3) is 5.91 Å². The van der Waals surface area contributed by atoms with Crippen LogP contribution in [0.5, 0.6) is 0 Å². The summed E-state index contributed by atoms with van der Waals surface area (Å²) >= 11 is 7.80. The van der Waals surface area contributed by atoms with Gasteiger partial charge in [-0.2, -0.15) is 0 Å². The Balaban J connectivity index is 1.63. The minimum Gasteiger partial charge on any atom is -0.462 e. The number of carbonyl (C=O) groups is 2. The van der Waals surface area contributed by atoms with Crippen LogP contribution in [0.1, 0.15) is 33.2 Å². The van der Waals surface area contributed by atoms with Gasteiger partial charge in [0.05, 0.1) is 17.2 Å². The van der Waals surface area contributed by atoms with Crippen LogP contribution in [0, 0.1) is 0 Å². The number of benzene rings is 3. The van der Waals surface area contributed by atoms with Gasteiger partial charge in [-0.05, 0) is 55.0 Å². The molecule has 3 rings (SSSR count). The Morgan fingerprint density at radius 3 is 2.41 bits per heavy atom. The van der Waals surface area contributed by atoms with Crippen molar-refractivity contribution in [1.82, 2.24) is 0 Å². The molecule has 0 bridgehead atoms. The molecule has 4 nitrogen and oxygen atoms in total. The van der Waals surface area contributed by atoms with Crippen molar-refractivity contribution in [2.24, 2.45) is 0 Å². The third-order valence-corrected chi connectivity index (χ3v) is 5.50. The topological polar surface area (TPSA) is 55.4 Å². The third-order valence-electron chi connectivity index (χ3n) is 4.08. The summed E-state index contributed by atoms with van der Waals surface area (Å²) in [6, 6.07) is 22.4. The minimum atomic E-state index is -0.520. The lowest BCUT2D eigenvalue weighted by Crippen LogP contribution is -2.13. The molecule has 148 valence electrons. The summed E-state index contributed by atoms with van der Waals surface area (Å²) in [6.45, 7) is 1.97. The van der Waals surface area contributed by atoms with E-state index in [-0.39, 0.29) is 23.1 Å². The lowest BCUT2D eigenvalue weighted by molar-refractivity contribution is 0.0526. The molecule has 29 heavy (non-hydrogen) atoms. The summed E-state index contributed by atoms with van der Waals surface area (Å²) in [5.74, 6) is 0.0460. The fourth-order valence-electron chi connectivity index (χ4n) is 2.61. The molecule has 3 aromatic rings. The molecule has 0 radical (unpaired) electrons. The van der Waals surface area contributed by atoms with Gasteiger partial charge in [-0.15, -0.1) is 11.8 Å². The maximum atomic E-state index is 12.5. The van der Waals surface area contributed by atoms with Gasteiger partial charge in [-0.1, -0.05) is 41.9 Å². The summed E-state index contributed by atoms with van der Waals surface area (Å²) in [4.78, 5) is 25.7. The van der Waals surface area contributed by atoms with Crippen molar-refractivity contribution >= 4 is 40.9 Å². The standard InChI is InChI=1S/C23H20ClNO3S/c1-2-28-23(27)20-14-18(12-13-21(20)24)25-22(26)17-10-8-16(9-11-17)15-29-19-6-4-3-5-7-19/h3-14H,2,15H2,1H3,(H,25,26). The highest BCUT2D eigenvalue weighted by Crippen LogP contribution is 2.24. The van der Waals surface area contributed by atoms with Gasteiger partial charge in [0.1, 0.15) is 0 Å². The highest BCUT2D eigenvalue weighted by molar-refractivity contribution is 7.98. The molecule has 0 spiro atoms. The van der Waals surface area contributed by atoms with Crippen LogP contribution in [0.3, 0.4) is 0 Å². The van der Waals surface area contributed by atoms with E-state index in [1.165, 1.54) is 11.0 Å². The molecule has 0 heterocycles. The lowest BCUT2D eigenvalue weighted by atomic mass is 10.1. The maximum Gasteiger partial charge on any atom is 0.339 e. The first-order valence-electron chi connectivity index (χ1n) is 9.11. The van der Waals surface area contributed by atoms with E-state index < -0.39 is 5.97 Å². The van der Waals surface area contributed by atoms with Crippen LogP contribution in [0.2, 0.25) is 5.02 Å². The van der Waals surface area contributed by atoms with Crippen molar-refractivity contribution in [2.75, 3.05) is 11.9 Å². The van der Waals surface area contributed by atoms with Crippen LogP contribution in [0.15, 0.2) is 77.7 Å². The molecular weight excluding hydrogens is 406 g/mol. The van der Waals surface area contributed by atoms with E-state index in [0.717, 1.165) is 11.3 Å². The van der Waals surface area contributed by atoms with Crippen molar-refractivity contribution < 1.29 is 14.3 Å². The van der Waals surface area contributed by atoms with E-state index in [0.29, 0.717) is 11.3 Å². The third kappa shape index (κ3) is 5.86. The Morgan fingerprint density at radius 2 is 1.72 bits per heavy atom. The number of halogens is 1. The Kier molecular flexibility index (Phi) is 7.33. The second kappa shape index (κ2) is 10.1. The van der Waals surface area contributed by atoms with E-state index in [1.807, 2.05) is 30.3 Å². The first kappa shape index (κ1) is 21.0. The van der Waals surface area contributed by atoms with Crippen LogP contribution in [-0.4, -0.2) is 18.5 Å². The smallest absolute Gasteiger partial charge is 0.339 e. The predicted molar refractivity (Wildman–Crippen MR) is 118 cm³/mol. The zero-order chi connectivity index (χ0) is 20.6. The quantitative estimate of drug-likeness (QED) is 0.369. The predicted octanol–water partition coefficient (Wildman–Crippen LogP) is 6.06. The van der Waals surface area contributed by atoms with Gasteiger partial charge < -0.3 is 10.1 Å². The van der Waals surface area contributed by atoms with Crippen molar-refractivity contribution in [3.05, 3.63) is 94.5 Å². The molecule has 0 unspecified atom stereocenters. The number of ether oxygens (including phenoxy) is 1. The number of hydrogen-bond donors (Lipinski definition) is 1. The molecule has 0 saturated carbocycles. The molecule has 0 aliphatic rings. The van der Waals surface area contributed by atoms with E-state index in [1.54, 1.807) is 43.0 Å². The number of carbonyl (C=O) groups excluding carboxylic acids is 2. The molecule has 0 atom stereocenters. The summed E-state index contributed by atoms with van der Waals surface area (Å²) in [5.41, 5.74) is 2.36. The number of nitrogens with one attached hydrogen (secondary N) is 1. The maximum absolute atomic E-state index is 12.5. The van der Waals surface area contributed by atoms with Gasteiger partial charge in [0.2, 0.25) is 0 Å². The molecular formula is C23H20ClNO3S. The van der Waals surface area contributed by atoms with E-state index in [2.05, 4.69) is 17.4 Å². The summed E-state index contributed by atoms with van der Waals surface area (Å²) in [5, 5.41) is 3.07. The van der Waals surface area contributed by atoms with E-state index in [4.69, 9.17) is 16.3 Å². The van der Waals surface area contributed by atoms with Crippen LogP contribution in [-0.2, 0) is 10.5 Å². The zero-order valence-corrected chi connectivity index (χ0v) is 17.4. The van der Waals surface area contributed by atoms with Gasteiger partial charge in [-0.3, -0.25) is 4.79 Å². The average Bonchev–Trinajstić information content (AvgIpc) is 2.75. The number of hydrogen-bond acceptors (Lipinski definition) is 4. The average molecular weight is 426 g/mol. The fourth-order valence-corrected chi connectivity index (χ4v) is 3.68. The van der Waals surface area contributed by atoms with E-state index in [9.17, 15) is 9.59 Å². The van der Waals surface area contributed by atoms with Crippen molar-refractivity contribution in [1.29, 1.82) is 0 Å². The molecule has 0 aliphatic heterocycles. The van der Waals surface area contributed by atoms with Gasteiger partial charge in [0.15, 0.2) is 0 Å². The van der Waals surface area contributed by atoms with Gasteiger partial charge >= 0.3 is 5.97 Å². The molecule has 0 fully saturated rings. The van der Waals surface area contributed by atoms with Crippen molar-refractivity contribution in [3.63, 3.8) is 0 Å². The fraction of sp³-hybridized carbons (Fsp3) is 0.130. The summed E-state index contributed by atoms with van der Waals surface area (Å²) in [7, 11) is 0. The number of thioether (sulfide) groups is 1. The molecule has 1 amide bonds. The second-order valence-electron chi connectivity index (χ2n) is 6.17. The van der Waals surface area contributed by atoms with Gasteiger partial charge in [-0.25, -0.2) is 4.79 Å². The highest BCUT2D eigenvalue weighted by atomic mass is 35.5. The molecule has 1 N–H and O–H groups in total.